The van der Waals surface area contributed by atoms with E-state index in [2.05, 4.69) is 6.92 Å². The van der Waals surface area contributed by atoms with Crippen LogP contribution in [0.1, 0.15) is 37.3 Å². The number of hydrogen-bond acceptors (Lipinski definition) is 6. The fourth-order valence-corrected chi connectivity index (χ4v) is 3.94. The van der Waals surface area contributed by atoms with Gasteiger partial charge in [-0.25, -0.2) is 13.6 Å². The molecule has 0 saturated carbocycles. The normalized spacial score (nSPS) is 21.0. The van der Waals surface area contributed by atoms with Crippen LogP contribution in [0, 0.1) is 23.0 Å². The molecule has 0 amide bonds. The third-order valence-electron chi connectivity index (χ3n) is 4.74. The van der Waals surface area contributed by atoms with Gasteiger partial charge in [0.2, 0.25) is 10.0 Å². The maximum Gasteiger partial charge on any atom is 0.293 e. The molecule has 1 aromatic heterocycles. The molecule has 0 aliphatic carbocycles. The number of sulfonamides is 1. The van der Waals surface area contributed by atoms with E-state index in [1.165, 1.54) is 12.1 Å². The van der Waals surface area contributed by atoms with Crippen LogP contribution < -0.4 is 10.0 Å². The highest BCUT2D eigenvalue weighted by atomic mass is 32.2. The molecule has 1 fully saturated rings. The molecule has 1 saturated heterocycles. The Morgan fingerprint density at radius 2 is 2.04 bits per heavy atom. The molecule has 0 radical (unpaired) electrons. The van der Waals surface area contributed by atoms with Crippen molar-refractivity contribution in [3.63, 3.8) is 0 Å². The SMILES string of the molecule is Cc1ccc(C2CC(C)CCN2c2ccc(S(N)(=O)=O)cc2[N+](=O)[O-])o1. The Kier molecular flexibility index (Phi) is 4.76. The van der Waals surface area contributed by atoms with Crippen molar-refractivity contribution < 1.29 is 17.8 Å². The van der Waals surface area contributed by atoms with Crippen LogP contribution in [0.25, 0.3) is 0 Å². The van der Waals surface area contributed by atoms with Crippen molar-refractivity contribution in [2.24, 2.45) is 11.1 Å². The van der Waals surface area contributed by atoms with E-state index in [0.29, 0.717) is 18.2 Å². The number of nitrogens with zero attached hydrogens (tertiary/aromatic N) is 2. The first kappa shape index (κ1) is 18.4. The van der Waals surface area contributed by atoms with Gasteiger partial charge in [-0.15, -0.1) is 0 Å². The molecule has 1 aliphatic heterocycles. The number of benzene rings is 1. The summed E-state index contributed by atoms with van der Waals surface area (Å²) in [6.07, 6.45) is 1.67. The average molecular weight is 379 g/mol. The van der Waals surface area contributed by atoms with Crippen LogP contribution in [-0.2, 0) is 10.0 Å². The summed E-state index contributed by atoms with van der Waals surface area (Å²) < 4.78 is 28.9. The molecule has 1 aromatic carbocycles. The summed E-state index contributed by atoms with van der Waals surface area (Å²) >= 11 is 0. The summed E-state index contributed by atoms with van der Waals surface area (Å²) in [5.74, 6) is 1.97. The first-order chi connectivity index (χ1) is 12.2. The average Bonchev–Trinajstić information content (AvgIpc) is 3.00. The Bertz CT molecular complexity index is 938. The molecule has 2 atom stereocenters. The van der Waals surface area contributed by atoms with E-state index in [1.807, 2.05) is 24.0 Å². The predicted molar refractivity (Wildman–Crippen MR) is 96.4 cm³/mol. The lowest BCUT2D eigenvalue weighted by atomic mass is 9.90. The van der Waals surface area contributed by atoms with Gasteiger partial charge in [0, 0.05) is 12.6 Å². The lowest BCUT2D eigenvalue weighted by Gasteiger charge is -2.38. The number of primary sulfonamides is 1. The van der Waals surface area contributed by atoms with Gasteiger partial charge in [0.15, 0.2) is 0 Å². The number of rotatable bonds is 4. The van der Waals surface area contributed by atoms with E-state index in [1.54, 1.807) is 0 Å². The number of nitro groups is 1. The van der Waals surface area contributed by atoms with Gasteiger partial charge in [0.25, 0.3) is 5.69 Å². The maximum atomic E-state index is 11.6. The van der Waals surface area contributed by atoms with E-state index in [0.717, 1.165) is 30.4 Å². The van der Waals surface area contributed by atoms with Crippen molar-refractivity contribution in [3.8, 4) is 0 Å². The van der Waals surface area contributed by atoms with Gasteiger partial charge >= 0.3 is 0 Å². The molecule has 26 heavy (non-hydrogen) atoms. The van der Waals surface area contributed by atoms with E-state index >= 15 is 0 Å². The highest BCUT2D eigenvalue weighted by Gasteiger charge is 2.34. The number of anilines is 1. The minimum Gasteiger partial charge on any atom is -0.464 e. The molecular formula is C17H21N3O5S. The zero-order chi connectivity index (χ0) is 19.1. The van der Waals surface area contributed by atoms with Crippen molar-refractivity contribution in [1.82, 2.24) is 0 Å². The third kappa shape index (κ3) is 3.58. The summed E-state index contributed by atoms with van der Waals surface area (Å²) in [4.78, 5) is 12.6. The zero-order valence-corrected chi connectivity index (χ0v) is 15.4. The van der Waals surface area contributed by atoms with Crippen molar-refractivity contribution in [3.05, 3.63) is 52.0 Å². The van der Waals surface area contributed by atoms with E-state index < -0.39 is 14.9 Å². The topological polar surface area (TPSA) is 120 Å². The molecule has 9 heteroatoms. The molecule has 3 rings (SSSR count). The first-order valence-corrected chi connectivity index (χ1v) is 9.85. The molecule has 2 aromatic rings. The monoisotopic (exact) mass is 379 g/mol. The molecule has 0 spiro atoms. The quantitative estimate of drug-likeness (QED) is 0.644. The van der Waals surface area contributed by atoms with Crippen molar-refractivity contribution in [2.75, 3.05) is 11.4 Å². The number of nitrogens with two attached hydrogens (primary N) is 1. The molecule has 140 valence electrons. The smallest absolute Gasteiger partial charge is 0.293 e. The second-order valence-electron chi connectivity index (χ2n) is 6.74. The van der Waals surface area contributed by atoms with Gasteiger partial charge in [0.05, 0.1) is 15.9 Å². The third-order valence-corrected chi connectivity index (χ3v) is 5.65. The first-order valence-electron chi connectivity index (χ1n) is 8.31. The Morgan fingerprint density at radius 3 is 2.62 bits per heavy atom. The molecular weight excluding hydrogens is 358 g/mol. The molecule has 2 N–H and O–H groups in total. The van der Waals surface area contributed by atoms with Crippen molar-refractivity contribution in [1.29, 1.82) is 0 Å². The van der Waals surface area contributed by atoms with E-state index in [9.17, 15) is 18.5 Å². The predicted octanol–water partition coefficient (Wildman–Crippen LogP) is 3.12. The molecule has 8 nitrogen and oxygen atoms in total. The summed E-state index contributed by atoms with van der Waals surface area (Å²) in [6, 6.07) is 7.39. The van der Waals surface area contributed by atoms with Crippen LogP contribution in [0.4, 0.5) is 11.4 Å². The van der Waals surface area contributed by atoms with E-state index in [-0.39, 0.29) is 16.6 Å². The minimum atomic E-state index is -4.02. The van der Waals surface area contributed by atoms with Crippen LogP contribution in [0.5, 0.6) is 0 Å². The number of nitro benzene ring substituents is 1. The summed E-state index contributed by atoms with van der Waals surface area (Å²) in [6.45, 7) is 4.60. The summed E-state index contributed by atoms with van der Waals surface area (Å²) in [5, 5.41) is 16.7. The molecule has 0 bridgehead atoms. The van der Waals surface area contributed by atoms with Crippen LogP contribution in [0.2, 0.25) is 0 Å². The summed E-state index contributed by atoms with van der Waals surface area (Å²) in [7, 11) is -4.02. The van der Waals surface area contributed by atoms with Crippen LogP contribution in [0.3, 0.4) is 0 Å². The van der Waals surface area contributed by atoms with Gasteiger partial charge in [-0.2, -0.15) is 0 Å². The molecule has 1 aliphatic rings. The lowest BCUT2D eigenvalue weighted by Crippen LogP contribution is -2.36. The fraction of sp³-hybridized carbons (Fsp3) is 0.412. The zero-order valence-electron chi connectivity index (χ0n) is 14.6. The standard InChI is InChI=1S/C17H21N3O5S/c1-11-7-8-19(16(9-11)17-6-3-12(2)25-17)14-5-4-13(26(18,23)24)10-15(14)20(21)22/h3-6,10-11,16H,7-9H2,1-2H3,(H2,18,23,24). The Labute approximate surface area is 151 Å². The largest absolute Gasteiger partial charge is 0.464 e. The highest BCUT2D eigenvalue weighted by Crippen LogP contribution is 2.42. The second kappa shape index (κ2) is 6.73. The number of hydrogen-bond donors (Lipinski definition) is 1. The Hall–Kier alpha value is -2.39. The van der Waals surface area contributed by atoms with Gasteiger partial charge < -0.3 is 9.32 Å². The Balaban J connectivity index is 2.09. The van der Waals surface area contributed by atoms with Crippen LogP contribution in [0.15, 0.2) is 39.6 Å². The van der Waals surface area contributed by atoms with Crippen LogP contribution in [-0.4, -0.2) is 19.9 Å². The van der Waals surface area contributed by atoms with Gasteiger partial charge in [-0.3, -0.25) is 10.1 Å². The van der Waals surface area contributed by atoms with Gasteiger partial charge in [0.1, 0.15) is 17.2 Å². The molecule has 2 heterocycles. The fourth-order valence-electron chi connectivity index (χ4n) is 3.40. The summed E-state index contributed by atoms with van der Waals surface area (Å²) in [5.41, 5.74) is 0.0905. The highest BCUT2D eigenvalue weighted by molar-refractivity contribution is 7.89. The van der Waals surface area contributed by atoms with Crippen molar-refractivity contribution in [2.45, 2.75) is 37.6 Å². The van der Waals surface area contributed by atoms with E-state index in [4.69, 9.17) is 9.56 Å². The van der Waals surface area contributed by atoms with Crippen LogP contribution >= 0.6 is 0 Å². The second-order valence-corrected chi connectivity index (χ2v) is 8.30. The maximum absolute atomic E-state index is 11.6. The van der Waals surface area contributed by atoms with Gasteiger partial charge in [-0.05, 0) is 49.9 Å². The number of furan rings is 1. The van der Waals surface area contributed by atoms with Crippen molar-refractivity contribution >= 4 is 21.4 Å². The number of aryl methyl sites for hydroxylation is 1. The lowest BCUT2D eigenvalue weighted by molar-refractivity contribution is -0.384. The minimum absolute atomic E-state index is 0.147. The molecule has 2 unspecified atom stereocenters. The van der Waals surface area contributed by atoms with Gasteiger partial charge in [-0.1, -0.05) is 6.92 Å². The Morgan fingerprint density at radius 1 is 1.31 bits per heavy atom. The number of piperidine rings is 1.